The maximum absolute atomic E-state index is 11.3. The maximum Gasteiger partial charge on any atom is 0.457 e. The standard InChI is InChI=1S/C3Cl3F3O.C3ClF5O/c2*4-2(5,6)1(10)3(7,8)9. The van der Waals surface area contributed by atoms with Crippen molar-refractivity contribution in [2.45, 2.75) is 21.5 Å². The molecule has 0 fully saturated rings. The molecule has 2 nitrogen and oxygen atoms in total. The molecule has 0 saturated heterocycles. The molecular weight excluding hydrogens is 398 g/mol. The van der Waals surface area contributed by atoms with Crippen LogP contribution in [0.3, 0.4) is 0 Å². The van der Waals surface area contributed by atoms with Gasteiger partial charge in [0.2, 0.25) is 0 Å². The summed E-state index contributed by atoms with van der Waals surface area (Å²) in [5.74, 6) is -5.63. The summed E-state index contributed by atoms with van der Waals surface area (Å²) in [5, 5.41) is -4.85. The second-order valence-electron chi connectivity index (χ2n) is 2.65. The topological polar surface area (TPSA) is 34.1 Å². The molecule has 0 amide bonds. The van der Waals surface area contributed by atoms with E-state index in [0.29, 0.717) is 0 Å². The van der Waals surface area contributed by atoms with Crippen molar-refractivity contribution in [2.24, 2.45) is 0 Å². The first-order chi connectivity index (χ1) is 8.31. The summed E-state index contributed by atoms with van der Waals surface area (Å²) in [6.07, 6.45) is -10.7. The number of Topliss-reactive ketones (excluding diaryl/α,β-unsaturated/α-hetero) is 2. The highest BCUT2D eigenvalue weighted by Gasteiger charge is 2.54. The quantitative estimate of drug-likeness (QED) is 0.484. The normalized spacial score (nSPS) is 13.4. The summed E-state index contributed by atoms with van der Waals surface area (Å²) in [6.45, 7) is 0. The summed E-state index contributed by atoms with van der Waals surface area (Å²) in [6, 6.07) is 0. The molecule has 0 aliphatic rings. The molecule has 0 radical (unpaired) electrons. The van der Waals surface area contributed by atoms with Crippen LogP contribution in [0.15, 0.2) is 0 Å². The molecule has 0 heterocycles. The van der Waals surface area contributed by atoms with Gasteiger partial charge in [-0.05, 0) is 11.6 Å². The van der Waals surface area contributed by atoms with Crippen molar-refractivity contribution in [3.63, 3.8) is 0 Å². The lowest BCUT2D eigenvalue weighted by molar-refractivity contribution is -0.186. The van der Waals surface area contributed by atoms with E-state index in [-0.39, 0.29) is 0 Å². The molecule has 0 aromatic rings. The number of rotatable bonds is 1. The summed E-state index contributed by atoms with van der Waals surface area (Å²) in [5.41, 5.74) is 0. The molecule has 0 unspecified atom stereocenters. The lowest BCUT2D eigenvalue weighted by Crippen LogP contribution is -2.35. The number of carbonyl (C=O) groups is 2. The summed E-state index contributed by atoms with van der Waals surface area (Å²) in [7, 11) is 0. The zero-order chi connectivity index (χ0) is 17.2. The molecule has 0 aromatic heterocycles. The van der Waals surface area contributed by atoms with Crippen LogP contribution in [-0.4, -0.2) is 33.1 Å². The van der Waals surface area contributed by atoms with E-state index in [1.807, 2.05) is 0 Å². The average molecular weight is 398 g/mol. The SMILES string of the molecule is O=C(C(F)(F)F)C(Cl)(Cl)Cl.O=C(C(F)(F)F)C(F)(F)Cl. The predicted octanol–water partition coefficient (Wildman–Crippen LogP) is 4.44. The third-order valence-electron chi connectivity index (χ3n) is 1.03. The lowest BCUT2D eigenvalue weighted by Gasteiger charge is -2.10. The molecule has 0 aromatic carbocycles. The predicted molar refractivity (Wildman–Crippen MR) is 53.2 cm³/mol. The van der Waals surface area contributed by atoms with E-state index in [1.165, 1.54) is 0 Å². The highest BCUT2D eigenvalue weighted by Crippen LogP contribution is 2.34. The van der Waals surface area contributed by atoms with Gasteiger partial charge in [-0.3, -0.25) is 9.59 Å². The van der Waals surface area contributed by atoms with Gasteiger partial charge in [0, 0.05) is 0 Å². The highest BCUT2D eigenvalue weighted by molar-refractivity contribution is 6.76. The monoisotopic (exact) mass is 396 g/mol. The molecule has 0 aliphatic carbocycles. The summed E-state index contributed by atoms with van der Waals surface area (Å²) < 4.78 is 86.8. The van der Waals surface area contributed by atoms with E-state index in [0.717, 1.165) is 0 Å². The van der Waals surface area contributed by atoms with Crippen LogP contribution < -0.4 is 0 Å². The van der Waals surface area contributed by atoms with E-state index in [4.69, 9.17) is 0 Å². The Morgan fingerprint density at radius 2 is 0.850 bits per heavy atom. The van der Waals surface area contributed by atoms with E-state index in [1.54, 1.807) is 0 Å². The molecule has 0 bridgehead atoms. The lowest BCUT2D eigenvalue weighted by atomic mass is 10.4. The molecule has 0 spiro atoms. The van der Waals surface area contributed by atoms with Crippen LogP contribution in [0.5, 0.6) is 0 Å². The fraction of sp³-hybridized carbons (Fsp3) is 0.667. The van der Waals surface area contributed by atoms with Crippen molar-refractivity contribution in [1.82, 2.24) is 0 Å². The summed E-state index contributed by atoms with van der Waals surface area (Å²) >= 11 is 17.7. The molecule has 14 heteroatoms. The average Bonchev–Trinajstić information content (AvgIpc) is 2.10. The Balaban J connectivity index is 0. The van der Waals surface area contributed by atoms with Gasteiger partial charge in [-0.25, -0.2) is 0 Å². The van der Waals surface area contributed by atoms with Gasteiger partial charge >= 0.3 is 23.5 Å². The fourth-order valence-corrected chi connectivity index (χ4v) is 0.750. The van der Waals surface area contributed by atoms with Crippen LogP contribution in [0.25, 0.3) is 0 Å². The molecule has 20 heavy (non-hydrogen) atoms. The second kappa shape index (κ2) is 6.80. The van der Waals surface area contributed by atoms with Crippen LogP contribution in [0.4, 0.5) is 35.1 Å². The van der Waals surface area contributed by atoms with Gasteiger partial charge in [0.1, 0.15) is 0 Å². The van der Waals surface area contributed by atoms with Crippen LogP contribution in [0.2, 0.25) is 0 Å². The van der Waals surface area contributed by atoms with Crippen molar-refractivity contribution in [1.29, 1.82) is 0 Å². The van der Waals surface area contributed by atoms with Gasteiger partial charge in [-0.1, -0.05) is 34.8 Å². The number of ketones is 2. The fourth-order valence-electron chi connectivity index (χ4n) is 0.321. The zero-order valence-corrected chi connectivity index (χ0v) is 11.4. The Kier molecular flexibility index (Phi) is 7.56. The van der Waals surface area contributed by atoms with Gasteiger partial charge in [-0.15, -0.1) is 0 Å². The Hall–Kier alpha value is -0.0600. The van der Waals surface area contributed by atoms with E-state index in [9.17, 15) is 44.7 Å². The van der Waals surface area contributed by atoms with Crippen LogP contribution >= 0.6 is 46.4 Å². The molecular formula is C6Cl4F8O2. The first-order valence-electron chi connectivity index (χ1n) is 3.68. The van der Waals surface area contributed by atoms with Gasteiger partial charge in [0.05, 0.1) is 0 Å². The molecule has 120 valence electrons. The molecule has 0 N–H and O–H groups in total. The smallest absolute Gasteiger partial charge is 0.285 e. The third-order valence-corrected chi connectivity index (χ3v) is 1.72. The van der Waals surface area contributed by atoms with E-state index in [2.05, 4.69) is 46.4 Å². The number of hydrogen-bond acceptors (Lipinski definition) is 2. The van der Waals surface area contributed by atoms with Crippen LogP contribution in [0.1, 0.15) is 0 Å². The van der Waals surface area contributed by atoms with Gasteiger partial charge in [0.15, 0.2) is 0 Å². The number of carbonyl (C=O) groups excluding carboxylic acids is 2. The Morgan fingerprint density at radius 3 is 0.850 bits per heavy atom. The maximum atomic E-state index is 11.3. The van der Waals surface area contributed by atoms with Crippen LogP contribution in [0, 0.1) is 0 Å². The second-order valence-corrected chi connectivity index (χ2v) is 5.41. The Labute approximate surface area is 124 Å². The minimum atomic E-state index is -5.58. The van der Waals surface area contributed by atoms with Crippen LogP contribution in [-0.2, 0) is 9.59 Å². The minimum Gasteiger partial charge on any atom is -0.285 e. The third kappa shape index (κ3) is 8.98. The van der Waals surface area contributed by atoms with Crippen molar-refractivity contribution >= 4 is 58.0 Å². The Bertz CT molecular complexity index is 295. The van der Waals surface area contributed by atoms with Gasteiger partial charge < -0.3 is 0 Å². The molecule has 0 rings (SSSR count). The minimum absolute atomic E-state index is 2.38. The highest BCUT2D eigenvalue weighted by atomic mass is 35.6. The summed E-state index contributed by atoms with van der Waals surface area (Å²) in [4.78, 5) is 19.4. The molecule has 0 atom stereocenters. The van der Waals surface area contributed by atoms with Crippen molar-refractivity contribution < 1.29 is 44.7 Å². The van der Waals surface area contributed by atoms with Crippen molar-refractivity contribution in [3.8, 4) is 0 Å². The van der Waals surface area contributed by atoms with Crippen molar-refractivity contribution in [2.75, 3.05) is 0 Å². The van der Waals surface area contributed by atoms with E-state index < -0.39 is 33.1 Å². The molecule has 0 aliphatic heterocycles. The first-order valence-corrected chi connectivity index (χ1v) is 5.19. The Morgan fingerprint density at radius 1 is 0.600 bits per heavy atom. The van der Waals surface area contributed by atoms with Gasteiger partial charge in [0.25, 0.3) is 9.58 Å². The zero-order valence-electron chi connectivity index (χ0n) is 8.35. The number of alkyl halides is 12. The van der Waals surface area contributed by atoms with Gasteiger partial charge in [-0.2, -0.15) is 35.1 Å². The van der Waals surface area contributed by atoms with Crippen molar-refractivity contribution in [3.05, 3.63) is 0 Å². The first kappa shape index (κ1) is 22.2. The largest absolute Gasteiger partial charge is 0.457 e. The van der Waals surface area contributed by atoms with E-state index >= 15 is 0 Å². The number of hydrogen-bond donors (Lipinski definition) is 0. The molecule has 0 saturated carbocycles. The number of halogens is 12.